The first-order chi connectivity index (χ1) is 26.4. The summed E-state index contributed by atoms with van der Waals surface area (Å²) in [4.78, 5) is 0. The van der Waals surface area contributed by atoms with Gasteiger partial charge in [0.25, 0.3) is 0 Å². The molecule has 0 atom stereocenters. The Kier molecular flexibility index (Phi) is 41.0. The Morgan fingerprint density at radius 2 is 0.519 bits per heavy atom. The minimum atomic E-state index is -4.17. The molecular weight excluding hydrogens is 683 g/mol. The fourth-order valence-electron chi connectivity index (χ4n) is 7.68. The molecule has 0 fully saturated rings. The van der Waals surface area contributed by atoms with Crippen molar-refractivity contribution in [1.82, 2.24) is 0 Å². The minimum Gasteiger partial charge on any atom is -0.281 e. The maximum atomic E-state index is 12.3. The summed E-state index contributed by atoms with van der Waals surface area (Å²) in [6.07, 6.45) is 63.3. The smallest absolute Gasteiger partial charge is 0.281 e. The maximum absolute atomic E-state index is 12.3. The van der Waals surface area contributed by atoms with E-state index >= 15 is 0 Å². The summed E-state index contributed by atoms with van der Waals surface area (Å²) >= 11 is 0. The Morgan fingerprint density at radius 1 is 0.333 bits per heavy atom. The summed E-state index contributed by atoms with van der Waals surface area (Å²) in [5, 5.41) is 0. The van der Waals surface area contributed by atoms with E-state index in [1.807, 2.05) is 18.6 Å². The molecule has 0 aromatic rings. The number of nitrogens with zero attached hydrogens (tertiary/aromatic N) is 1. The first-order valence-corrected chi connectivity index (χ1v) is 25.9. The highest BCUT2D eigenvalue weighted by Crippen LogP contribution is 2.20. The highest BCUT2D eigenvalue weighted by atomic mass is 32.2. The predicted octanol–water partition coefficient (Wildman–Crippen LogP) is 17.5. The minimum absolute atomic E-state index is 0.0492. The fraction of sp³-hybridized carbons (Fsp3) is 0.878. The largest absolute Gasteiger partial charge is 0.317 e. The zero-order valence-electron chi connectivity index (χ0n) is 36.9. The van der Waals surface area contributed by atoms with Crippen molar-refractivity contribution in [2.75, 3.05) is 5.88 Å². The molecule has 0 saturated carbocycles. The molecule has 320 valence electrons. The van der Waals surface area contributed by atoms with E-state index < -0.39 is 10.1 Å². The van der Waals surface area contributed by atoms with Gasteiger partial charge in [-0.25, -0.2) is 4.48 Å². The molecule has 0 radical (unpaired) electrons. The van der Waals surface area contributed by atoms with Crippen LogP contribution in [-0.4, -0.2) is 23.3 Å². The molecule has 0 aromatic carbocycles. The molecule has 1 N–H and O–H groups in total. The Morgan fingerprint density at radius 3 is 0.704 bits per heavy atom. The van der Waals surface area contributed by atoms with Gasteiger partial charge in [0.05, 0.1) is 0 Å². The molecule has 0 heterocycles. The molecule has 0 amide bonds. The van der Waals surface area contributed by atoms with Crippen molar-refractivity contribution in [2.45, 2.75) is 271 Å². The topological polar surface area (TPSA) is 54.4 Å². The van der Waals surface area contributed by atoms with E-state index in [9.17, 15) is 13.0 Å². The van der Waals surface area contributed by atoms with E-state index in [-0.39, 0.29) is 10.4 Å². The average Bonchev–Trinajstić information content (AvgIpc) is 3.14. The molecular formula is C49H96NO3S+. The lowest BCUT2D eigenvalue weighted by Crippen LogP contribution is -2.36. The van der Waals surface area contributed by atoms with Gasteiger partial charge in [-0.2, -0.15) is 8.42 Å². The number of rotatable bonds is 44. The van der Waals surface area contributed by atoms with Gasteiger partial charge < -0.3 is 0 Å². The molecule has 0 aliphatic rings. The lowest BCUT2D eigenvalue weighted by molar-refractivity contribution is -0.760. The van der Waals surface area contributed by atoms with E-state index in [1.165, 1.54) is 212 Å². The number of unbranched alkanes of at least 4 members (excludes halogenated alkanes) is 36. The van der Waals surface area contributed by atoms with E-state index in [1.54, 1.807) is 0 Å². The first kappa shape index (κ1) is 53.1. The number of hydrogen-bond donors (Lipinski definition) is 1. The van der Waals surface area contributed by atoms with Crippen LogP contribution >= 0.6 is 0 Å². The van der Waals surface area contributed by atoms with Crippen LogP contribution in [-0.2, 0) is 10.1 Å². The normalized spacial score (nSPS) is 12.7. The van der Waals surface area contributed by atoms with Gasteiger partial charge in [0, 0.05) is 0 Å². The third-order valence-corrected chi connectivity index (χ3v) is 12.0. The molecule has 54 heavy (non-hydrogen) atoms. The van der Waals surface area contributed by atoms with Crippen molar-refractivity contribution < 1.29 is 17.5 Å². The molecule has 0 aliphatic heterocycles. The van der Waals surface area contributed by atoms with Crippen LogP contribution in [0.25, 0.3) is 0 Å². The Labute approximate surface area is 340 Å². The first-order valence-electron chi connectivity index (χ1n) is 24.2. The Balaban J connectivity index is 4.83. The molecule has 0 bridgehead atoms. The Bertz CT molecular complexity index is 847. The molecule has 0 spiro atoms. The van der Waals surface area contributed by atoms with Crippen molar-refractivity contribution in [3.05, 3.63) is 36.8 Å². The van der Waals surface area contributed by atoms with Crippen LogP contribution in [0.15, 0.2) is 36.8 Å². The van der Waals surface area contributed by atoms with Crippen molar-refractivity contribution >= 4 is 10.1 Å². The number of allylic oxidation sites excluding steroid dienone is 3. The van der Waals surface area contributed by atoms with Gasteiger partial charge >= 0.3 is 10.1 Å². The van der Waals surface area contributed by atoms with Crippen LogP contribution in [0.5, 0.6) is 0 Å². The van der Waals surface area contributed by atoms with Crippen LogP contribution in [0.2, 0.25) is 0 Å². The van der Waals surface area contributed by atoms with Crippen molar-refractivity contribution in [2.24, 2.45) is 0 Å². The molecule has 0 rings (SSSR count). The van der Waals surface area contributed by atoms with Gasteiger partial charge in [-0.1, -0.05) is 233 Å². The fourth-order valence-corrected chi connectivity index (χ4v) is 8.51. The number of quaternary nitrogens is 1. The summed E-state index contributed by atoms with van der Waals surface area (Å²) in [6, 6.07) is 0. The van der Waals surface area contributed by atoms with Crippen molar-refractivity contribution in [1.29, 1.82) is 0 Å². The van der Waals surface area contributed by atoms with Crippen LogP contribution < -0.4 is 0 Å². The second-order valence-corrected chi connectivity index (χ2v) is 18.3. The third-order valence-electron chi connectivity index (χ3n) is 11.2. The summed E-state index contributed by atoms with van der Waals surface area (Å²) < 4.78 is 34.8. The predicted molar refractivity (Wildman–Crippen MR) is 241 cm³/mol. The SMILES string of the molecule is CCCCCCCCCCCCCC/C=C/[N+](/C=C/CCCCCCCCCCCCCC)(/C=C/CCCCCCCCCCCCCC)CS(=O)(=O)O. The summed E-state index contributed by atoms with van der Waals surface area (Å²) in [6.45, 7) is 6.84. The van der Waals surface area contributed by atoms with Crippen LogP contribution in [0.4, 0.5) is 0 Å². The zero-order valence-corrected chi connectivity index (χ0v) is 37.7. The second-order valence-electron chi connectivity index (χ2n) is 16.9. The van der Waals surface area contributed by atoms with Crippen molar-refractivity contribution in [3.8, 4) is 0 Å². The van der Waals surface area contributed by atoms with Crippen LogP contribution in [0.3, 0.4) is 0 Å². The van der Waals surface area contributed by atoms with Crippen molar-refractivity contribution in [3.63, 3.8) is 0 Å². The number of hydrogen-bond acceptors (Lipinski definition) is 2. The van der Waals surface area contributed by atoms with E-state index in [0.717, 1.165) is 38.5 Å². The maximum Gasteiger partial charge on any atom is 0.317 e. The van der Waals surface area contributed by atoms with E-state index in [0.29, 0.717) is 0 Å². The standard InChI is InChI=1S/C49H95NO3S/c1-4-7-10-13-16-19-22-25-28-31-34-37-40-43-46-50(49-54(51,52)53,47-44-41-38-35-32-29-26-23-20-17-14-11-8-5-2)48-45-42-39-36-33-30-27-24-21-18-15-12-9-6-3/h43-48H,4-42,49H2,1-3H3/p+1/b46-43+,47-44+,48-45+. The van der Waals surface area contributed by atoms with Gasteiger partial charge in [0.15, 0.2) is 0 Å². The lowest BCUT2D eigenvalue weighted by atomic mass is 10.0. The monoisotopic (exact) mass is 779 g/mol. The molecule has 0 unspecified atom stereocenters. The highest BCUT2D eigenvalue weighted by molar-refractivity contribution is 7.85. The average molecular weight is 779 g/mol. The Hall–Kier alpha value is -0.910. The molecule has 5 heteroatoms. The van der Waals surface area contributed by atoms with E-state index in [4.69, 9.17) is 0 Å². The van der Waals surface area contributed by atoms with Crippen LogP contribution in [0.1, 0.15) is 271 Å². The van der Waals surface area contributed by atoms with Gasteiger partial charge in [0.2, 0.25) is 5.88 Å². The summed E-state index contributed by atoms with van der Waals surface area (Å²) in [7, 11) is -4.17. The highest BCUT2D eigenvalue weighted by Gasteiger charge is 2.26. The third kappa shape index (κ3) is 40.7. The van der Waals surface area contributed by atoms with E-state index in [2.05, 4.69) is 39.0 Å². The second kappa shape index (κ2) is 41.7. The van der Waals surface area contributed by atoms with Gasteiger partial charge in [0.1, 0.15) is 18.6 Å². The van der Waals surface area contributed by atoms with Crippen LogP contribution in [0, 0.1) is 0 Å². The molecule has 0 saturated heterocycles. The summed E-state index contributed by atoms with van der Waals surface area (Å²) in [5.74, 6) is -0.341. The molecule has 0 aromatic heterocycles. The molecule has 0 aliphatic carbocycles. The quantitative estimate of drug-likeness (QED) is 0.0381. The van der Waals surface area contributed by atoms with Gasteiger partial charge in [-0.15, -0.1) is 0 Å². The molecule has 4 nitrogen and oxygen atoms in total. The summed E-state index contributed by atoms with van der Waals surface area (Å²) in [5.41, 5.74) is 0. The lowest BCUT2D eigenvalue weighted by Gasteiger charge is -2.25. The zero-order chi connectivity index (χ0) is 39.5. The van der Waals surface area contributed by atoms with Gasteiger partial charge in [-0.3, -0.25) is 4.55 Å². The van der Waals surface area contributed by atoms with Gasteiger partial charge in [-0.05, 0) is 56.8 Å².